The fraction of sp³-hybridized carbons (Fsp3) is 0.130. The van der Waals surface area contributed by atoms with Gasteiger partial charge in [-0.2, -0.15) is 0 Å². The van der Waals surface area contributed by atoms with Crippen molar-refractivity contribution in [3.63, 3.8) is 0 Å². The number of nitrogens with zero attached hydrogens (tertiary/aromatic N) is 1. The number of anilines is 2. The average Bonchev–Trinajstić information content (AvgIpc) is 3.44. The van der Waals surface area contributed by atoms with Crippen molar-refractivity contribution in [2.24, 2.45) is 5.41 Å². The van der Waals surface area contributed by atoms with Gasteiger partial charge in [-0.1, -0.05) is 141 Å². The van der Waals surface area contributed by atoms with E-state index in [-0.39, 0.29) is 5.41 Å². The summed E-state index contributed by atoms with van der Waals surface area (Å²) in [7, 11) is 0. The molecule has 0 unspecified atom stereocenters. The number of para-hydroxylation sites is 2. The van der Waals surface area contributed by atoms with Gasteiger partial charge < -0.3 is 9.32 Å². The van der Waals surface area contributed by atoms with E-state index < -0.39 is 0 Å². The van der Waals surface area contributed by atoms with Gasteiger partial charge in [-0.25, -0.2) is 0 Å². The Labute approximate surface area is 283 Å². The van der Waals surface area contributed by atoms with Crippen molar-refractivity contribution in [3.05, 3.63) is 180 Å². The Kier molecular flexibility index (Phi) is 7.18. The van der Waals surface area contributed by atoms with Gasteiger partial charge in [-0.15, -0.1) is 0 Å². The maximum Gasteiger partial charge on any atom is 0.159 e. The predicted molar refractivity (Wildman–Crippen MR) is 205 cm³/mol. The molecule has 0 N–H and O–H groups in total. The van der Waals surface area contributed by atoms with Crippen LogP contribution in [0.3, 0.4) is 0 Å². The summed E-state index contributed by atoms with van der Waals surface area (Å²) < 4.78 is 6.64. The van der Waals surface area contributed by atoms with Crippen LogP contribution in [0.5, 0.6) is 0 Å². The van der Waals surface area contributed by atoms with E-state index in [0.717, 1.165) is 51.0 Å². The second-order valence-corrected chi connectivity index (χ2v) is 13.5. The molecule has 2 nitrogen and oxygen atoms in total. The van der Waals surface area contributed by atoms with Gasteiger partial charge >= 0.3 is 0 Å². The largest absolute Gasteiger partial charge is 0.454 e. The van der Waals surface area contributed by atoms with Crippen molar-refractivity contribution in [2.45, 2.75) is 34.1 Å². The lowest BCUT2D eigenvalue weighted by molar-refractivity contribution is 0.564. The molecule has 2 heteroatoms. The van der Waals surface area contributed by atoms with Crippen molar-refractivity contribution in [1.82, 2.24) is 0 Å². The lowest BCUT2D eigenvalue weighted by atomic mass is 9.81. The molecule has 8 rings (SSSR count). The highest BCUT2D eigenvalue weighted by atomic mass is 16.3. The number of furan rings is 1. The molecule has 2 aliphatic carbocycles. The van der Waals surface area contributed by atoms with Crippen LogP contribution in [0, 0.1) is 5.41 Å². The summed E-state index contributed by atoms with van der Waals surface area (Å²) in [4.78, 5) is 2.38. The quantitative estimate of drug-likeness (QED) is 0.172. The summed E-state index contributed by atoms with van der Waals surface area (Å²) in [6.07, 6.45) is 12.3. The molecule has 0 spiro atoms. The van der Waals surface area contributed by atoms with E-state index >= 15 is 0 Å². The fourth-order valence-corrected chi connectivity index (χ4v) is 7.40. The van der Waals surface area contributed by atoms with E-state index in [2.05, 4.69) is 166 Å². The summed E-state index contributed by atoms with van der Waals surface area (Å²) in [5.41, 5.74) is 13.7. The first-order valence-electron chi connectivity index (χ1n) is 16.8. The Morgan fingerprint density at radius 2 is 1.50 bits per heavy atom. The van der Waals surface area contributed by atoms with E-state index in [9.17, 15) is 0 Å². The molecule has 48 heavy (non-hydrogen) atoms. The second-order valence-electron chi connectivity index (χ2n) is 13.5. The molecular weight excluding hydrogens is 583 g/mol. The van der Waals surface area contributed by atoms with Gasteiger partial charge in [0.25, 0.3) is 0 Å². The molecule has 1 heterocycles. The van der Waals surface area contributed by atoms with Crippen LogP contribution in [0.15, 0.2) is 184 Å². The minimum atomic E-state index is -0.126. The number of fused-ring (bicyclic) bond motifs is 5. The molecule has 0 saturated heterocycles. The monoisotopic (exact) mass is 621 g/mol. The molecule has 0 amide bonds. The summed E-state index contributed by atoms with van der Waals surface area (Å²) >= 11 is 0. The highest BCUT2D eigenvalue weighted by molar-refractivity contribution is 6.10. The molecular formula is C46H39NO. The lowest BCUT2D eigenvalue weighted by Gasteiger charge is -2.29. The molecule has 5 aromatic carbocycles. The van der Waals surface area contributed by atoms with Crippen LogP contribution < -0.4 is 4.90 Å². The predicted octanol–water partition coefficient (Wildman–Crippen LogP) is 13.2. The van der Waals surface area contributed by atoms with Crippen LogP contribution in [0.1, 0.15) is 34.1 Å². The zero-order valence-corrected chi connectivity index (χ0v) is 28.0. The van der Waals surface area contributed by atoms with E-state index in [0.29, 0.717) is 0 Å². The molecule has 0 bridgehead atoms. The first-order chi connectivity index (χ1) is 23.3. The molecule has 2 aliphatic rings. The third-order valence-electron chi connectivity index (χ3n) is 10.2. The highest BCUT2D eigenvalue weighted by Crippen LogP contribution is 2.52. The van der Waals surface area contributed by atoms with Crippen molar-refractivity contribution in [1.29, 1.82) is 0 Å². The van der Waals surface area contributed by atoms with Gasteiger partial charge in [0.05, 0.1) is 5.69 Å². The molecule has 0 fully saturated rings. The molecule has 0 saturated carbocycles. The number of hydrogen-bond donors (Lipinski definition) is 0. The van der Waals surface area contributed by atoms with Gasteiger partial charge in [0.2, 0.25) is 0 Å². The van der Waals surface area contributed by atoms with E-state index in [1.165, 1.54) is 44.2 Å². The first kappa shape index (κ1) is 29.8. The fourth-order valence-electron chi connectivity index (χ4n) is 7.40. The Morgan fingerprint density at radius 3 is 2.31 bits per heavy atom. The second kappa shape index (κ2) is 11.6. The van der Waals surface area contributed by atoms with Crippen molar-refractivity contribution < 1.29 is 4.42 Å². The van der Waals surface area contributed by atoms with Gasteiger partial charge in [0.15, 0.2) is 5.58 Å². The van der Waals surface area contributed by atoms with Gasteiger partial charge in [0, 0.05) is 27.6 Å². The zero-order valence-electron chi connectivity index (χ0n) is 28.0. The maximum absolute atomic E-state index is 6.64. The zero-order chi connectivity index (χ0) is 33.0. The molecule has 0 radical (unpaired) electrons. The smallest absolute Gasteiger partial charge is 0.159 e. The Bertz CT molecular complexity index is 2410. The Morgan fingerprint density at radius 1 is 0.792 bits per heavy atom. The normalized spacial score (nSPS) is 15.9. The molecule has 0 aliphatic heterocycles. The van der Waals surface area contributed by atoms with Crippen LogP contribution in [0.4, 0.5) is 11.4 Å². The van der Waals surface area contributed by atoms with Crippen molar-refractivity contribution >= 4 is 44.1 Å². The minimum absolute atomic E-state index is 0.126. The van der Waals surface area contributed by atoms with Crippen LogP contribution in [0.2, 0.25) is 0 Å². The standard InChI is InChI=1S/C46H39NO/c1-30(2)23-28-36-31(3)46(4,5)42-29-35(15-11-19-39(36)42)47(43-21-12-20-41-40-17-8-9-22-44(40)48-45(41)43)34-26-24-33(25-27-34)38-18-10-14-32-13-6-7-16-37(32)38/h6-10,12-29H,1,11H2,2-5H3/b28-23-. The van der Waals surface area contributed by atoms with E-state index in [4.69, 9.17) is 4.42 Å². The summed E-state index contributed by atoms with van der Waals surface area (Å²) in [6.45, 7) is 13.1. The molecule has 1 aromatic heterocycles. The number of allylic oxidation sites excluding steroid dienone is 10. The maximum atomic E-state index is 6.64. The topological polar surface area (TPSA) is 16.4 Å². The third-order valence-corrected chi connectivity index (χ3v) is 10.2. The number of benzene rings is 5. The third kappa shape index (κ3) is 4.88. The van der Waals surface area contributed by atoms with Crippen LogP contribution >= 0.6 is 0 Å². The van der Waals surface area contributed by atoms with E-state index in [1.807, 2.05) is 13.0 Å². The van der Waals surface area contributed by atoms with Crippen molar-refractivity contribution in [3.8, 4) is 11.1 Å². The molecule has 6 aromatic rings. The van der Waals surface area contributed by atoms with Gasteiger partial charge in [0.1, 0.15) is 5.58 Å². The summed E-state index contributed by atoms with van der Waals surface area (Å²) in [5.74, 6) is 0. The molecule has 0 atom stereocenters. The van der Waals surface area contributed by atoms with Crippen LogP contribution in [0.25, 0.3) is 43.8 Å². The lowest BCUT2D eigenvalue weighted by Crippen LogP contribution is -2.18. The Hall–Kier alpha value is -5.60. The first-order valence-corrected chi connectivity index (χ1v) is 16.8. The van der Waals surface area contributed by atoms with Gasteiger partial charge in [-0.05, 0) is 89.2 Å². The van der Waals surface area contributed by atoms with E-state index in [1.54, 1.807) is 0 Å². The summed E-state index contributed by atoms with van der Waals surface area (Å²) in [5, 5.41) is 4.75. The van der Waals surface area contributed by atoms with Crippen molar-refractivity contribution in [2.75, 3.05) is 4.90 Å². The van der Waals surface area contributed by atoms with Crippen LogP contribution in [-0.2, 0) is 0 Å². The SMILES string of the molecule is C=C(C)/C=C\C1=C(C)C(C)(C)C2=CC(N(c3ccc(-c4cccc5ccccc45)cc3)c3cccc4c3oc3ccccc34)=CCC=C21. The van der Waals surface area contributed by atoms with Gasteiger partial charge in [-0.3, -0.25) is 0 Å². The average molecular weight is 622 g/mol. The Balaban J connectivity index is 1.30. The highest BCUT2D eigenvalue weighted by Gasteiger charge is 2.38. The summed E-state index contributed by atoms with van der Waals surface area (Å²) in [6, 6.07) is 39.0. The molecule has 234 valence electrons. The van der Waals surface area contributed by atoms with Crippen LogP contribution in [-0.4, -0.2) is 0 Å². The number of hydrogen-bond acceptors (Lipinski definition) is 2. The number of rotatable bonds is 6. The minimum Gasteiger partial charge on any atom is -0.454 e.